The number of carbonyl (C=O) groups is 3. The van der Waals surface area contributed by atoms with Crippen molar-refractivity contribution in [1.29, 1.82) is 0 Å². The van der Waals surface area contributed by atoms with E-state index in [4.69, 9.17) is 9.47 Å². The van der Waals surface area contributed by atoms with Gasteiger partial charge < -0.3 is 9.47 Å². The zero-order chi connectivity index (χ0) is 18.4. The first-order valence-electron chi connectivity index (χ1n) is 9.21. The van der Waals surface area contributed by atoms with Gasteiger partial charge in [-0.25, -0.2) is 4.79 Å². The number of benzene rings is 1. The van der Waals surface area contributed by atoms with Crippen LogP contribution >= 0.6 is 0 Å². The average Bonchev–Trinajstić information content (AvgIpc) is 3.25. The molecule has 26 heavy (non-hydrogen) atoms. The number of carbonyl (C=O) groups excluding carboxylic acids is 3. The molecule has 1 aromatic rings. The van der Waals surface area contributed by atoms with E-state index >= 15 is 0 Å². The lowest BCUT2D eigenvalue weighted by molar-refractivity contribution is -0.150. The Balaban J connectivity index is 1.79. The lowest BCUT2D eigenvalue weighted by Gasteiger charge is -2.31. The van der Waals surface area contributed by atoms with Crippen molar-refractivity contribution in [3.63, 3.8) is 0 Å². The number of fused-ring (bicyclic) bond motifs is 5. The van der Waals surface area contributed by atoms with Gasteiger partial charge in [-0.05, 0) is 31.2 Å². The maximum Gasteiger partial charge on any atom is 0.335 e. The van der Waals surface area contributed by atoms with Gasteiger partial charge in [0.2, 0.25) is 0 Å². The highest BCUT2D eigenvalue weighted by atomic mass is 16.5. The van der Waals surface area contributed by atoms with Gasteiger partial charge in [0.25, 0.3) is 0 Å². The molecule has 4 rings (SSSR count). The number of hydrogen-bond acceptors (Lipinski definition) is 5. The Hall–Kier alpha value is -2.43. The highest BCUT2D eigenvalue weighted by Crippen LogP contribution is 2.61. The number of ether oxygens (including phenoxy) is 2. The van der Waals surface area contributed by atoms with Crippen LogP contribution in [-0.4, -0.2) is 30.4 Å². The summed E-state index contributed by atoms with van der Waals surface area (Å²) in [5, 5.41) is 0. The third-order valence-electron chi connectivity index (χ3n) is 5.97. The van der Waals surface area contributed by atoms with Gasteiger partial charge in [-0.15, -0.1) is 0 Å². The second-order valence-electron chi connectivity index (χ2n) is 7.33. The molecule has 0 amide bonds. The van der Waals surface area contributed by atoms with Crippen LogP contribution in [0, 0.1) is 23.7 Å². The number of rotatable bonds is 4. The smallest absolute Gasteiger partial charge is 0.335 e. The molecule has 0 spiro atoms. The lowest BCUT2D eigenvalue weighted by atomic mass is 9.77. The molecule has 0 aliphatic heterocycles. The third kappa shape index (κ3) is 2.49. The fraction of sp³-hybridized carbons (Fsp3) is 0.476. The Morgan fingerprint density at radius 1 is 1.12 bits per heavy atom. The van der Waals surface area contributed by atoms with E-state index in [0.29, 0.717) is 17.6 Å². The Morgan fingerprint density at radius 2 is 1.85 bits per heavy atom. The van der Waals surface area contributed by atoms with Gasteiger partial charge in [-0.2, -0.15) is 0 Å². The molecule has 2 bridgehead atoms. The fourth-order valence-corrected chi connectivity index (χ4v) is 5.24. The van der Waals surface area contributed by atoms with Crippen LogP contribution in [0.1, 0.15) is 32.3 Å². The van der Waals surface area contributed by atoms with Crippen LogP contribution in [0.4, 0.5) is 0 Å². The summed E-state index contributed by atoms with van der Waals surface area (Å²) in [4.78, 5) is 37.5. The Kier molecular flexibility index (Phi) is 4.17. The first-order valence-corrected chi connectivity index (χ1v) is 9.21. The molecule has 0 heterocycles. The summed E-state index contributed by atoms with van der Waals surface area (Å²) in [5.74, 6) is -0.917. The number of ketones is 1. The lowest BCUT2D eigenvalue weighted by Crippen LogP contribution is -2.36. The Labute approximate surface area is 152 Å². The molecular weight excluding hydrogens is 332 g/mol. The molecule has 5 atom stereocenters. The second kappa shape index (κ2) is 6.38. The molecule has 0 unspecified atom stereocenters. The Bertz CT molecular complexity index is 794. The molecule has 0 N–H and O–H groups in total. The van der Waals surface area contributed by atoms with E-state index in [9.17, 15) is 14.4 Å². The summed E-state index contributed by atoms with van der Waals surface area (Å²) < 4.78 is 10.8. The van der Waals surface area contributed by atoms with Crippen molar-refractivity contribution in [3.8, 4) is 0 Å². The zero-order valence-corrected chi connectivity index (χ0v) is 14.9. The minimum Gasteiger partial charge on any atom is -0.463 e. The van der Waals surface area contributed by atoms with E-state index in [1.807, 2.05) is 30.3 Å². The largest absolute Gasteiger partial charge is 0.463 e. The predicted octanol–water partition coefficient (Wildman–Crippen LogP) is 2.79. The number of esters is 2. The van der Waals surface area contributed by atoms with E-state index < -0.39 is 5.97 Å². The number of hydrogen-bond donors (Lipinski definition) is 0. The minimum absolute atomic E-state index is 0.0125. The predicted molar refractivity (Wildman–Crippen MR) is 93.8 cm³/mol. The van der Waals surface area contributed by atoms with E-state index in [1.54, 1.807) is 6.92 Å². The van der Waals surface area contributed by atoms with Gasteiger partial charge in [-0.1, -0.05) is 30.3 Å². The molecule has 5 heteroatoms. The molecule has 136 valence electrons. The van der Waals surface area contributed by atoms with Crippen molar-refractivity contribution >= 4 is 23.3 Å². The molecule has 2 saturated carbocycles. The third-order valence-corrected chi connectivity index (χ3v) is 5.97. The van der Waals surface area contributed by atoms with Crippen molar-refractivity contribution in [3.05, 3.63) is 41.5 Å². The van der Waals surface area contributed by atoms with E-state index in [0.717, 1.165) is 12.0 Å². The number of Topliss-reactive ketones (excluding diaryl/α,β-unsaturated/α-hetero) is 1. The van der Waals surface area contributed by atoms with E-state index in [2.05, 4.69) is 0 Å². The van der Waals surface area contributed by atoms with Gasteiger partial charge in [0.05, 0.1) is 12.2 Å². The van der Waals surface area contributed by atoms with Gasteiger partial charge in [-0.3, -0.25) is 9.59 Å². The average molecular weight is 354 g/mol. The van der Waals surface area contributed by atoms with Crippen LogP contribution in [0.5, 0.6) is 0 Å². The first kappa shape index (κ1) is 17.0. The standard InChI is InChI=1S/C21H22O5/c1-3-25-21(24)19-16(12-7-5-4-6-8-12)20(23)17-13-9-14(18(17)19)15(10-13)26-11(2)22/h4-8,13-15,17-18H,3,9-10H2,1-2H3/t13-,14+,15+,17-,18+/m0/s1. The molecule has 3 aliphatic carbocycles. The summed E-state index contributed by atoms with van der Waals surface area (Å²) in [6.07, 6.45) is 1.31. The summed E-state index contributed by atoms with van der Waals surface area (Å²) in [6, 6.07) is 9.33. The zero-order valence-electron chi connectivity index (χ0n) is 14.9. The van der Waals surface area contributed by atoms with Crippen LogP contribution in [0.15, 0.2) is 35.9 Å². The summed E-state index contributed by atoms with van der Waals surface area (Å²) >= 11 is 0. The minimum atomic E-state index is -0.415. The highest BCUT2D eigenvalue weighted by molar-refractivity contribution is 6.30. The second-order valence-corrected chi connectivity index (χ2v) is 7.33. The summed E-state index contributed by atoms with van der Waals surface area (Å²) in [5.41, 5.74) is 1.74. The maximum absolute atomic E-state index is 13.3. The van der Waals surface area contributed by atoms with Gasteiger partial charge >= 0.3 is 11.9 Å². The van der Waals surface area contributed by atoms with Crippen LogP contribution in [0.3, 0.4) is 0 Å². The van der Waals surface area contributed by atoms with E-state index in [-0.39, 0.29) is 48.1 Å². The molecule has 1 aromatic carbocycles. The van der Waals surface area contributed by atoms with Crippen molar-refractivity contribution < 1.29 is 23.9 Å². The highest BCUT2D eigenvalue weighted by Gasteiger charge is 2.62. The summed E-state index contributed by atoms with van der Waals surface area (Å²) in [7, 11) is 0. The first-order chi connectivity index (χ1) is 12.5. The van der Waals surface area contributed by atoms with Crippen LogP contribution in [-0.2, 0) is 23.9 Å². The molecule has 5 nitrogen and oxygen atoms in total. The molecule has 0 saturated heterocycles. The van der Waals surface area contributed by atoms with E-state index in [1.165, 1.54) is 6.92 Å². The normalized spacial score (nSPS) is 31.9. The van der Waals surface area contributed by atoms with Crippen molar-refractivity contribution in [1.82, 2.24) is 0 Å². The van der Waals surface area contributed by atoms with Crippen molar-refractivity contribution in [2.45, 2.75) is 32.8 Å². The van der Waals surface area contributed by atoms with Crippen molar-refractivity contribution in [2.75, 3.05) is 6.61 Å². The van der Waals surface area contributed by atoms with Gasteiger partial charge in [0.15, 0.2) is 5.78 Å². The topological polar surface area (TPSA) is 69.7 Å². The molecule has 0 aromatic heterocycles. The maximum atomic E-state index is 13.3. The van der Waals surface area contributed by atoms with Crippen LogP contribution in [0.25, 0.3) is 5.57 Å². The molecule has 2 fully saturated rings. The summed E-state index contributed by atoms with van der Waals surface area (Å²) in [6.45, 7) is 3.43. The fourth-order valence-electron chi connectivity index (χ4n) is 5.24. The number of allylic oxidation sites excluding steroid dienone is 1. The van der Waals surface area contributed by atoms with Crippen molar-refractivity contribution in [2.24, 2.45) is 23.7 Å². The molecule has 0 radical (unpaired) electrons. The van der Waals surface area contributed by atoms with Crippen LogP contribution in [0.2, 0.25) is 0 Å². The van der Waals surface area contributed by atoms with Gasteiger partial charge in [0, 0.05) is 30.3 Å². The quantitative estimate of drug-likeness (QED) is 0.778. The van der Waals surface area contributed by atoms with Crippen LogP contribution < -0.4 is 0 Å². The SMILES string of the molecule is CCOC(=O)C1=C(c2ccccc2)C(=O)[C@H]2[C@H]3C[C@@H]([C@@H]12)[C@H](OC(C)=O)C3. The monoisotopic (exact) mass is 354 g/mol. The Morgan fingerprint density at radius 3 is 2.50 bits per heavy atom. The molecule has 3 aliphatic rings. The molecular formula is C21H22O5. The van der Waals surface area contributed by atoms with Gasteiger partial charge in [0.1, 0.15) is 6.10 Å².